The van der Waals surface area contributed by atoms with Crippen LogP contribution in [0.4, 0.5) is 0 Å². The molecule has 0 saturated heterocycles. The van der Waals surface area contributed by atoms with Gasteiger partial charge in [-0.3, -0.25) is 4.99 Å². The lowest BCUT2D eigenvalue weighted by atomic mass is 10.1. The number of nitrogens with zero attached hydrogens (tertiary/aromatic N) is 2. The number of hydrogen-bond donors (Lipinski definition) is 2. The molecule has 27 heavy (non-hydrogen) atoms. The molecule has 0 spiro atoms. The first-order valence-corrected chi connectivity index (χ1v) is 9.07. The number of benzene rings is 1. The highest BCUT2D eigenvalue weighted by molar-refractivity contribution is 14.0. The van der Waals surface area contributed by atoms with Gasteiger partial charge in [0.15, 0.2) is 5.96 Å². The van der Waals surface area contributed by atoms with Crippen molar-refractivity contribution in [2.45, 2.75) is 19.9 Å². The van der Waals surface area contributed by atoms with Gasteiger partial charge in [-0.2, -0.15) is 0 Å². The van der Waals surface area contributed by atoms with Gasteiger partial charge in [0.2, 0.25) is 0 Å². The highest BCUT2D eigenvalue weighted by Gasteiger charge is 2.13. The van der Waals surface area contributed by atoms with Crippen molar-refractivity contribution in [1.29, 1.82) is 0 Å². The van der Waals surface area contributed by atoms with Crippen molar-refractivity contribution in [1.82, 2.24) is 15.6 Å². The van der Waals surface area contributed by atoms with Gasteiger partial charge in [0.1, 0.15) is 17.2 Å². The Kier molecular flexibility index (Phi) is 10.2. The predicted molar refractivity (Wildman–Crippen MR) is 120 cm³/mol. The van der Waals surface area contributed by atoms with Gasteiger partial charge in [-0.1, -0.05) is 0 Å². The van der Waals surface area contributed by atoms with E-state index in [0.29, 0.717) is 29.8 Å². The number of hydrogen-bond acceptors (Lipinski definition) is 6. The second kappa shape index (κ2) is 11.9. The van der Waals surface area contributed by atoms with Crippen LogP contribution in [0.3, 0.4) is 0 Å². The number of aryl methyl sites for hydroxylation is 1. The average molecular weight is 506 g/mol. The van der Waals surface area contributed by atoms with Crippen LogP contribution in [-0.2, 0) is 13.0 Å². The molecular formula is C18H27IN4O3S. The Hall–Kier alpha value is -1.75. The summed E-state index contributed by atoms with van der Waals surface area (Å²) >= 11 is 1.71. The Morgan fingerprint density at radius 1 is 1.11 bits per heavy atom. The van der Waals surface area contributed by atoms with Gasteiger partial charge in [-0.25, -0.2) is 4.98 Å². The van der Waals surface area contributed by atoms with E-state index in [4.69, 9.17) is 14.2 Å². The van der Waals surface area contributed by atoms with Crippen molar-refractivity contribution in [3.05, 3.63) is 33.8 Å². The normalized spacial score (nSPS) is 10.8. The maximum absolute atomic E-state index is 5.47. The van der Waals surface area contributed by atoms with Crippen molar-refractivity contribution >= 4 is 41.3 Å². The summed E-state index contributed by atoms with van der Waals surface area (Å²) in [5.41, 5.74) is 0.897. The van der Waals surface area contributed by atoms with Crippen LogP contribution < -0.4 is 24.8 Å². The Balaban J connectivity index is 0.00000364. The standard InChI is InChI=1S/C18H26N4O3S.HI/c1-12-10-21-17(26-12)6-7-20-18(19-2)22-11-14-15(24-4)8-13(23-3)9-16(14)25-5;/h8-10H,6-7,11H2,1-5H3,(H2,19,20,22);1H. The van der Waals surface area contributed by atoms with Crippen molar-refractivity contribution < 1.29 is 14.2 Å². The number of methoxy groups -OCH3 is 3. The van der Waals surface area contributed by atoms with E-state index in [2.05, 4.69) is 27.5 Å². The molecule has 0 aliphatic heterocycles. The van der Waals surface area contributed by atoms with Crippen LogP contribution in [0.5, 0.6) is 17.2 Å². The molecule has 0 unspecified atom stereocenters. The van der Waals surface area contributed by atoms with Gasteiger partial charge in [-0.05, 0) is 6.92 Å². The number of aromatic nitrogens is 1. The molecule has 7 nitrogen and oxygen atoms in total. The summed E-state index contributed by atoms with van der Waals surface area (Å²) in [6, 6.07) is 3.67. The fourth-order valence-corrected chi connectivity index (χ4v) is 3.24. The zero-order valence-electron chi connectivity index (χ0n) is 16.3. The van der Waals surface area contributed by atoms with Crippen molar-refractivity contribution in [3.8, 4) is 17.2 Å². The first-order valence-electron chi connectivity index (χ1n) is 8.26. The van der Waals surface area contributed by atoms with E-state index in [1.807, 2.05) is 18.3 Å². The predicted octanol–water partition coefficient (Wildman–Crippen LogP) is 3.00. The molecule has 0 saturated carbocycles. The van der Waals surface area contributed by atoms with Crippen LogP contribution in [-0.4, -0.2) is 45.9 Å². The fraction of sp³-hybridized carbons (Fsp3) is 0.444. The largest absolute Gasteiger partial charge is 0.496 e. The van der Waals surface area contributed by atoms with Crippen molar-refractivity contribution in [2.24, 2.45) is 4.99 Å². The number of nitrogens with one attached hydrogen (secondary N) is 2. The molecule has 1 heterocycles. The zero-order valence-corrected chi connectivity index (χ0v) is 19.4. The lowest BCUT2D eigenvalue weighted by Crippen LogP contribution is -2.38. The molecule has 2 aromatic rings. The molecule has 2 rings (SSSR count). The summed E-state index contributed by atoms with van der Waals surface area (Å²) in [7, 11) is 6.61. The zero-order chi connectivity index (χ0) is 18.9. The Morgan fingerprint density at radius 3 is 2.26 bits per heavy atom. The second-order valence-electron chi connectivity index (χ2n) is 5.48. The Morgan fingerprint density at radius 2 is 1.78 bits per heavy atom. The maximum atomic E-state index is 5.47. The van der Waals surface area contributed by atoms with E-state index in [1.54, 1.807) is 39.7 Å². The SMILES string of the molecule is CN=C(NCCc1ncc(C)s1)NCc1c(OC)cc(OC)cc1OC.I. The summed E-state index contributed by atoms with van der Waals surface area (Å²) < 4.78 is 16.2. The summed E-state index contributed by atoms with van der Waals surface area (Å²) in [4.78, 5) is 9.85. The van der Waals surface area contributed by atoms with Gasteiger partial charge >= 0.3 is 0 Å². The Bertz CT molecular complexity index is 727. The van der Waals surface area contributed by atoms with Crippen molar-refractivity contribution in [2.75, 3.05) is 34.9 Å². The number of guanidine groups is 1. The third kappa shape index (κ3) is 6.73. The lowest BCUT2D eigenvalue weighted by Gasteiger charge is -2.17. The van der Waals surface area contributed by atoms with E-state index >= 15 is 0 Å². The molecule has 150 valence electrons. The average Bonchev–Trinajstić information content (AvgIpc) is 3.08. The summed E-state index contributed by atoms with van der Waals surface area (Å²) in [6.07, 6.45) is 2.75. The maximum Gasteiger partial charge on any atom is 0.191 e. The number of rotatable bonds is 8. The molecular weight excluding hydrogens is 479 g/mol. The van der Waals surface area contributed by atoms with E-state index in [-0.39, 0.29) is 24.0 Å². The molecule has 2 N–H and O–H groups in total. The molecule has 0 amide bonds. The third-order valence-electron chi connectivity index (χ3n) is 3.77. The topological polar surface area (TPSA) is 77.0 Å². The Labute approximate surface area is 181 Å². The van der Waals surface area contributed by atoms with Crippen LogP contribution in [0.1, 0.15) is 15.4 Å². The number of thiazole rings is 1. The quantitative estimate of drug-likeness (QED) is 0.326. The number of aliphatic imine (C=N–C) groups is 1. The molecule has 0 bridgehead atoms. The van der Waals surface area contributed by atoms with Crippen molar-refractivity contribution in [3.63, 3.8) is 0 Å². The number of ether oxygens (including phenoxy) is 3. The van der Waals surface area contributed by atoms with E-state index in [1.165, 1.54) is 4.88 Å². The smallest absolute Gasteiger partial charge is 0.191 e. The number of halogens is 1. The molecule has 0 atom stereocenters. The summed E-state index contributed by atoms with van der Waals surface area (Å²) in [5.74, 6) is 2.78. The van der Waals surface area contributed by atoms with Crippen LogP contribution in [0.15, 0.2) is 23.3 Å². The van der Waals surface area contributed by atoms with Crippen LogP contribution in [0, 0.1) is 6.92 Å². The second-order valence-corrected chi connectivity index (χ2v) is 6.80. The minimum atomic E-state index is 0. The van der Waals surface area contributed by atoms with Crippen LogP contribution in [0.25, 0.3) is 0 Å². The molecule has 0 aliphatic carbocycles. The molecule has 0 fully saturated rings. The summed E-state index contributed by atoms with van der Waals surface area (Å²) in [5, 5.41) is 7.69. The lowest BCUT2D eigenvalue weighted by molar-refractivity contribution is 0.368. The van der Waals surface area contributed by atoms with E-state index in [9.17, 15) is 0 Å². The fourth-order valence-electron chi connectivity index (χ4n) is 2.45. The molecule has 1 aromatic heterocycles. The monoisotopic (exact) mass is 506 g/mol. The highest BCUT2D eigenvalue weighted by atomic mass is 127. The van der Waals surface area contributed by atoms with Crippen LogP contribution >= 0.6 is 35.3 Å². The van der Waals surface area contributed by atoms with Gasteiger partial charge in [0, 0.05) is 43.2 Å². The molecule has 0 aliphatic rings. The third-order valence-corrected chi connectivity index (χ3v) is 4.75. The van der Waals surface area contributed by atoms with E-state index in [0.717, 1.165) is 23.5 Å². The van der Waals surface area contributed by atoms with Gasteiger partial charge in [0.05, 0.1) is 38.4 Å². The van der Waals surface area contributed by atoms with Gasteiger partial charge in [0.25, 0.3) is 0 Å². The van der Waals surface area contributed by atoms with Gasteiger partial charge < -0.3 is 24.8 Å². The first kappa shape index (κ1) is 23.3. The minimum Gasteiger partial charge on any atom is -0.496 e. The summed E-state index contributed by atoms with van der Waals surface area (Å²) in [6.45, 7) is 3.32. The van der Waals surface area contributed by atoms with Crippen LogP contribution in [0.2, 0.25) is 0 Å². The molecule has 0 radical (unpaired) electrons. The minimum absolute atomic E-state index is 0. The molecule has 1 aromatic carbocycles. The first-order chi connectivity index (χ1) is 12.6. The van der Waals surface area contributed by atoms with E-state index < -0.39 is 0 Å². The van der Waals surface area contributed by atoms with Gasteiger partial charge in [-0.15, -0.1) is 35.3 Å². The highest BCUT2D eigenvalue weighted by Crippen LogP contribution is 2.33. The molecule has 9 heteroatoms.